The normalized spacial score (nSPS) is 21.0. The number of unbranched alkanes of at least 4 members (excludes halogenated alkanes) is 31. The summed E-state index contributed by atoms with van der Waals surface area (Å²) in [6, 6.07) is -1.17. The Labute approximate surface area is 397 Å². The summed E-state index contributed by atoms with van der Waals surface area (Å²) >= 11 is 0. The number of hydrogen-bond acceptors (Lipinski definition) is 10. The number of hydrogen-bond donors (Lipinski definition) is 8. The van der Waals surface area contributed by atoms with Gasteiger partial charge in [-0.3, -0.25) is 4.79 Å². The fourth-order valence-corrected chi connectivity index (χ4v) is 8.79. The molecule has 9 unspecified atom stereocenters. The zero-order chi connectivity index (χ0) is 47.6. The summed E-state index contributed by atoms with van der Waals surface area (Å²) in [7, 11) is 0. The molecule has 0 radical (unpaired) electrons. The molecular weight excluding hydrogens is 823 g/mol. The van der Waals surface area contributed by atoms with Crippen LogP contribution in [-0.4, -0.2) is 110 Å². The largest absolute Gasteiger partial charge is 0.394 e. The lowest BCUT2D eigenvalue weighted by atomic mass is 9.98. The monoisotopic (exact) mass is 926 g/mol. The minimum atomic E-state index is -1.66. The molecule has 0 spiro atoms. The van der Waals surface area contributed by atoms with E-state index in [1.165, 1.54) is 148 Å². The standard InChI is InChI=1S/C54H103NO10/c1-3-5-7-9-11-13-15-17-19-20-21-22-23-24-25-26-27-28-30-31-33-35-37-39-41-46(57)49(59)45(44-64-54-52(62)51(61)50(60)48(43-56)65-54)55-53(63)47(58)42-40-38-36-34-32-29-18-16-14-12-10-8-6-4-2/h12,14,16,18,45-52,54,56-62H,3-11,13,15,17,19-44H2,1-2H3,(H,55,63)/b14-12-,18-16-. The van der Waals surface area contributed by atoms with E-state index >= 15 is 0 Å². The maximum Gasteiger partial charge on any atom is 0.249 e. The molecule has 11 nitrogen and oxygen atoms in total. The Hall–Kier alpha value is -1.41. The summed E-state index contributed by atoms with van der Waals surface area (Å²) in [5.74, 6) is -0.707. The topological polar surface area (TPSA) is 189 Å². The maximum absolute atomic E-state index is 13.1. The molecule has 65 heavy (non-hydrogen) atoms. The van der Waals surface area contributed by atoms with Gasteiger partial charge in [-0.25, -0.2) is 0 Å². The van der Waals surface area contributed by atoms with E-state index in [4.69, 9.17) is 9.47 Å². The molecule has 0 saturated carbocycles. The molecule has 1 heterocycles. The molecule has 0 aromatic rings. The van der Waals surface area contributed by atoms with E-state index < -0.39 is 74.2 Å². The number of carbonyl (C=O) groups excluding carboxylic acids is 1. The van der Waals surface area contributed by atoms with Crippen LogP contribution in [0.1, 0.15) is 245 Å². The minimum absolute atomic E-state index is 0.243. The minimum Gasteiger partial charge on any atom is -0.394 e. The highest BCUT2D eigenvalue weighted by Gasteiger charge is 2.44. The van der Waals surface area contributed by atoms with Crippen molar-refractivity contribution in [1.82, 2.24) is 5.32 Å². The lowest BCUT2D eigenvalue weighted by Gasteiger charge is -2.40. The van der Waals surface area contributed by atoms with Crippen LogP contribution < -0.4 is 5.32 Å². The van der Waals surface area contributed by atoms with E-state index in [1.54, 1.807) is 0 Å². The van der Waals surface area contributed by atoms with Crippen molar-refractivity contribution < 1.29 is 50.0 Å². The van der Waals surface area contributed by atoms with E-state index in [1.807, 2.05) is 0 Å². The second-order valence-electron chi connectivity index (χ2n) is 19.3. The van der Waals surface area contributed by atoms with Crippen molar-refractivity contribution in [2.75, 3.05) is 13.2 Å². The molecule has 1 rings (SSSR count). The number of aliphatic hydroxyl groups is 7. The molecule has 0 bridgehead atoms. The zero-order valence-electron chi connectivity index (χ0n) is 41.7. The first-order valence-electron chi connectivity index (χ1n) is 27.3. The highest BCUT2D eigenvalue weighted by molar-refractivity contribution is 5.80. The van der Waals surface area contributed by atoms with E-state index in [9.17, 15) is 40.5 Å². The molecule has 0 aromatic carbocycles. The number of aliphatic hydroxyl groups excluding tert-OH is 7. The smallest absolute Gasteiger partial charge is 0.249 e. The van der Waals surface area contributed by atoms with Gasteiger partial charge in [-0.15, -0.1) is 0 Å². The van der Waals surface area contributed by atoms with Crippen LogP contribution in [0, 0.1) is 0 Å². The molecule has 11 heteroatoms. The fourth-order valence-electron chi connectivity index (χ4n) is 8.79. The van der Waals surface area contributed by atoms with Gasteiger partial charge >= 0.3 is 0 Å². The molecule has 0 aromatic heterocycles. The van der Waals surface area contributed by atoms with Crippen LogP contribution in [0.2, 0.25) is 0 Å². The summed E-state index contributed by atoms with van der Waals surface area (Å²) in [4.78, 5) is 13.1. The van der Waals surface area contributed by atoms with Crippen LogP contribution in [-0.2, 0) is 14.3 Å². The molecule has 1 amide bonds. The number of carbonyl (C=O) groups is 1. The van der Waals surface area contributed by atoms with Gasteiger partial charge < -0.3 is 50.5 Å². The first-order valence-corrected chi connectivity index (χ1v) is 27.3. The molecule has 9 atom stereocenters. The Morgan fingerprint density at radius 3 is 1.37 bits per heavy atom. The second-order valence-corrected chi connectivity index (χ2v) is 19.3. The average molecular weight is 926 g/mol. The highest BCUT2D eigenvalue weighted by Crippen LogP contribution is 2.23. The van der Waals surface area contributed by atoms with Crippen molar-refractivity contribution in [1.29, 1.82) is 0 Å². The predicted octanol–water partition coefficient (Wildman–Crippen LogP) is 10.6. The molecule has 8 N–H and O–H groups in total. The van der Waals surface area contributed by atoms with Gasteiger partial charge in [0.05, 0.1) is 25.4 Å². The van der Waals surface area contributed by atoms with E-state index in [-0.39, 0.29) is 6.42 Å². The van der Waals surface area contributed by atoms with Crippen LogP contribution in [0.5, 0.6) is 0 Å². The summed E-state index contributed by atoms with van der Waals surface area (Å²) in [5, 5.41) is 76.0. The SMILES string of the molecule is CCCCC/C=C\C=C/CCCCCCCC(O)C(=O)NC(COC1OC(CO)C(O)C(O)C1O)C(O)C(O)CCCCCCCCCCCCCCCCCCCCCCCCCC. The molecule has 1 aliphatic rings. The van der Waals surface area contributed by atoms with Crippen molar-refractivity contribution in [3.05, 3.63) is 24.3 Å². The van der Waals surface area contributed by atoms with Gasteiger partial charge in [0.15, 0.2) is 6.29 Å². The number of allylic oxidation sites excluding steroid dienone is 4. The van der Waals surface area contributed by atoms with Crippen molar-refractivity contribution in [3.63, 3.8) is 0 Å². The number of amides is 1. The maximum atomic E-state index is 13.1. The second kappa shape index (κ2) is 43.8. The molecule has 1 fully saturated rings. The first-order chi connectivity index (χ1) is 31.7. The Morgan fingerprint density at radius 1 is 0.538 bits per heavy atom. The third-order valence-electron chi connectivity index (χ3n) is 13.3. The number of rotatable bonds is 46. The van der Waals surface area contributed by atoms with Crippen LogP contribution in [0.3, 0.4) is 0 Å². The fraction of sp³-hybridized carbons (Fsp3) is 0.907. The average Bonchev–Trinajstić information content (AvgIpc) is 3.31. The Balaban J connectivity index is 2.32. The Kier molecular flexibility index (Phi) is 41.6. The van der Waals surface area contributed by atoms with E-state index in [0.717, 1.165) is 57.8 Å². The molecular formula is C54H103NO10. The van der Waals surface area contributed by atoms with Gasteiger partial charge in [-0.1, -0.05) is 231 Å². The Bertz CT molecular complexity index is 1110. The highest BCUT2D eigenvalue weighted by atomic mass is 16.7. The van der Waals surface area contributed by atoms with E-state index in [0.29, 0.717) is 19.3 Å². The molecule has 384 valence electrons. The van der Waals surface area contributed by atoms with Gasteiger partial charge in [0.25, 0.3) is 0 Å². The quantitative estimate of drug-likeness (QED) is 0.0216. The summed E-state index contributed by atoms with van der Waals surface area (Å²) in [5.41, 5.74) is 0. The summed E-state index contributed by atoms with van der Waals surface area (Å²) in [6.45, 7) is 3.43. The predicted molar refractivity (Wildman–Crippen MR) is 266 cm³/mol. The lowest BCUT2D eigenvalue weighted by Crippen LogP contribution is -2.60. The van der Waals surface area contributed by atoms with Gasteiger partial charge in [-0.05, 0) is 38.5 Å². The van der Waals surface area contributed by atoms with Crippen LogP contribution in [0.25, 0.3) is 0 Å². The first kappa shape index (κ1) is 61.6. The van der Waals surface area contributed by atoms with Crippen molar-refractivity contribution in [2.45, 2.75) is 300 Å². The van der Waals surface area contributed by atoms with Crippen LogP contribution in [0.15, 0.2) is 24.3 Å². The van der Waals surface area contributed by atoms with Crippen molar-refractivity contribution >= 4 is 5.91 Å². The lowest BCUT2D eigenvalue weighted by molar-refractivity contribution is -0.303. The number of nitrogens with one attached hydrogen (secondary N) is 1. The molecule has 0 aliphatic carbocycles. The van der Waals surface area contributed by atoms with Crippen LogP contribution in [0.4, 0.5) is 0 Å². The van der Waals surface area contributed by atoms with Crippen LogP contribution >= 0.6 is 0 Å². The van der Waals surface area contributed by atoms with Crippen molar-refractivity contribution in [3.8, 4) is 0 Å². The third kappa shape index (κ3) is 32.9. The summed E-state index contributed by atoms with van der Waals surface area (Å²) in [6.07, 6.45) is 39.4. The van der Waals surface area contributed by atoms with Gasteiger partial charge in [0.2, 0.25) is 5.91 Å². The summed E-state index contributed by atoms with van der Waals surface area (Å²) < 4.78 is 11.1. The van der Waals surface area contributed by atoms with Gasteiger partial charge in [0.1, 0.15) is 36.6 Å². The third-order valence-corrected chi connectivity index (χ3v) is 13.3. The number of ether oxygens (including phenoxy) is 2. The van der Waals surface area contributed by atoms with Crippen molar-refractivity contribution in [2.24, 2.45) is 0 Å². The van der Waals surface area contributed by atoms with Gasteiger partial charge in [0, 0.05) is 0 Å². The zero-order valence-corrected chi connectivity index (χ0v) is 41.7. The molecule has 1 aliphatic heterocycles. The molecule has 1 saturated heterocycles. The van der Waals surface area contributed by atoms with Gasteiger partial charge in [-0.2, -0.15) is 0 Å². The Morgan fingerprint density at radius 2 is 0.923 bits per heavy atom. The van der Waals surface area contributed by atoms with E-state index in [2.05, 4.69) is 43.5 Å².